The number of aryl methyl sites for hydroxylation is 2. The van der Waals surface area contributed by atoms with E-state index in [0.29, 0.717) is 6.61 Å². The van der Waals surface area contributed by atoms with E-state index in [1.807, 2.05) is 32.0 Å². The molecule has 1 aromatic carbocycles. The van der Waals surface area contributed by atoms with Gasteiger partial charge < -0.3 is 15.2 Å². The van der Waals surface area contributed by atoms with Crippen LogP contribution >= 0.6 is 0 Å². The molecule has 0 bridgehead atoms. The zero-order valence-corrected chi connectivity index (χ0v) is 12.1. The molecule has 0 spiro atoms. The Hall–Kier alpha value is -1.55. The highest BCUT2D eigenvalue weighted by atomic mass is 16.5. The maximum absolute atomic E-state index is 11.5. The predicted octanol–water partition coefficient (Wildman–Crippen LogP) is 1.96. The highest BCUT2D eigenvalue weighted by Crippen LogP contribution is 2.22. The standard InChI is InChI=1S/C15H23NO3/c1-11-6-5-7-12(2)14(11)19-9-8-13(17)16-10-15(3,4)18/h5-7,18H,8-10H2,1-4H3,(H,16,17). The van der Waals surface area contributed by atoms with Gasteiger partial charge in [0.25, 0.3) is 0 Å². The molecule has 0 unspecified atom stereocenters. The summed E-state index contributed by atoms with van der Waals surface area (Å²) >= 11 is 0. The first-order valence-electron chi connectivity index (χ1n) is 6.48. The molecule has 1 aromatic rings. The Kier molecular flexibility index (Phi) is 5.36. The molecule has 2 N–H and O–H groups in total. The summed E-state index contributed by atoms with van der Waals surface area (Å²) in [6.07, 6.45) is 0.282. The summed E-state index contributed by atoms with van der Waals surface area (Å²) in [6.45, 7) is 7.85. The van der Waals surface area contributed by atoms with Crippen molar-refractivity contribution >= 4 is 5.91 Å². The third-order valence-corrected chi connectivity index (χ3v) is 2.70. The second-order valence-corrected chi connectivity index (χ2v) is 5.41. The number of rotatable bonds is 6. The number of para-hydroxylation sites is 1. The van der Waals surface area contributed by atoms with E-state index in [1.165, 1.54) is 0 Å². The molecular weight excluding hydrogens is 242 g/mol. The number of nitrogens with one attached hydrogen (secondary N) is 1. The Balaban J connectivity index is 2.36. The molecule has 1 amide bonds. The van der Waals surface area contributed by atoms with Crippen LogP contribution in [0.25, 0.3) is 0 Å². The van der Waals surface area contributed by atoms with Crippen molar-refractivity contribution in [2.75, 3.05) is 13.2 Å². The van der Waals surface area contributed by atoms with Crippen molar-refractivity contribution in [2.45, 2.75) is 39.7 Å². The van der Waals surface area contributed by atoms with Gasteiger partial charge in [0.05, 0.1) is 18.6 Å². The van der Waals surface area contributed by atoms with Crippen LogP contribution in [0.4, 0.5) is 0 Å². The van der Waals surface area contributed by atoms with E-state index >= 15 is 0 Å². The van der Waals surface area contributed by atoms with Gasteiger partial charge in [-0.2, -0.15) is 0 Å². The summed E-state index contributed by atoms with van der Waals surface area (Å²) in [7, 11) is 0. The highest BCUT2D eigenvalue weighted by Gasteiger charge is 2.13. The molecule has 1 rings (SSSR count). The zero-order chi connectivity index (χ0) is 14.5. The van der Waals surface area contributed by atoms with Gasteiger partial charge in [0.1, 0.15) is 5.75 Å². The summed E-state index contributed by atoms with van der Waals surface area (Å²) in [4.78, 5) is 11.5. The largest absolute Gasteiger partial charge is 0.493 e. The second-order valence-electron chi connectivity index (χ2n) is 5.41. The second kappa shape index (κ2) is 6.57. The summed E-state index contributed by atoms with van der Waals surface area (Å²) in [5, 5.41) is 12.2. The lowest BCUT2D eigenvalue weighted by molar-refractivity contribution is -0.122. The van der Waals surface area contributed by atoms with Crippen molar-refractivity contribution in [1.29, 1.82) is 0 Å². The molecule has 0 aliphatic heterocycles. The topological polar surface area (TPSA) is 58.6 Å². The van der Waals surface area contributed by atoms with E-state index in [2.05, 4.69) is 5.32 Å². The number of carbonyl (C=O) groups excluding carboxylic acids is 1. The summed E-state index contributed by atoms with van der Waals surface area (Å²) in [6, 6.07) is 5.95. The number of benzene rings is 1. The number of carbonyl (C=O) groups is 1. The smallest absolute Gasteiger partial charge is 0.223 e. The van der Waals surface area contributed by atoms with Gasteiger partial charge in [-0.3, -0.25) is 4.79 Å². The normalized spacial score (nSPS) is 11.2. The van der Waals surface area contributed by atoms with Gasteiger partial charge >= 0.3 is 0 Å². The fourth-order valence-electron chi connectivity index (χ4n) is 1.68. The number of hydrogen-bond acceptors (Lipinski definition) is 3. The fraction of sp³-hybridized carbons (Fsp3) is 0.533. The maximum atomic E-state index is 11.5. The lowest BCUT2D eigenvalue weighted by Crippen LogP contribution is -2.38. The molecule has 0 heterocycles. The van der Waals surface area contributed by atoms with E-state index < -0.39 is 5.60 Å². The molecule has 0 saturated carbocycles. The number of amides is 1. The van der Waals surface area contributed by atoms with Crippen LogP contribution in [0.2, 0.25) is 0 Å². The van der Waals surface area contributed by atoms with Crippen molar-refractivity contribution in [1.82, 2.24) is 5.32 Å². The minimum Gasteiger partial charge on any atom is -0.493 e. The molecule has 0 aliphatic carbocycles. The van der Waals surface area contributed by atoms with Crippen LogP contribution in [0.1, 0.15) is 31.4 Å². The Bertz CT molecular complexity index is 415. The van der Waals surface area contributed by atoms with E-state index in [9.17, 15) is 9.90 Å². The average Bonchev–Trinajstić information content (AvgIpc) is 2.29. The fourth-order valence-corrected chi connectivity index (χ4v) is 1.68. The molecule has 4 nitrogen and oxygen atoms in total. The first kappa shape index (κ1) is 15.5. The van der Waals surface area contributed by atoms with Crippen LogP contribution in [-0.2, 0) is 4.79 Å². The predicted molar refractivity (Wildman–Crippen MR) is 75.3 cm³/mol. The molecule has 0 atom stereocenters. The molecule has 106 valence electrons. The minimum absolute atomic E-state index is 0.117. The number of hydrogen-bond donors (Lipinski definition) is 2. The van der Waals surface area contributed by atoms with Gasteiger partial charge in [0.15, 0.2) is 0 Å². The molecule has 0 aliphatic rings. The molecule has 0 aromatic heterocycles. The van der Waals surface area contributed by atoms with Gasteiger partial charge in [-0.1, -0.05) is 18.2 Å². The zero-order valence-electron chi connectivity index (χ0n) is 12.1. The number of ether oxygens (including phenoxy) is 1. The van der Waals surface area contributed by atoms with Gasteiger partial charge in [-0.15, -0.1) is 0 Å². The molecule has 4 heteroatoms. The summed E-state index contributed by atoms with van der Waals surface area (Å²) < 4.78 is 5.65. The van der Waals surface area contributed by atoms with Gasteiger partial charge in [-0.05, 0) is 38.8 Å². The molecular formula is C15H23NO3. The SMILES string of the molecule is Cc1cccc(C)c1OCCC(=O)NCC(C)(C)O. The summed E-state index contributed by atoms with van der Waals surface area (Å²) in [5.74, 6) is 0.728. The van der Waals surface area contributed by atoms with Crippen molar-refractivity contribution in [2.24, 2.45) is 0 Å². The average molecular weight is 265 g/mol. The van der Waals surface area contributed by atoms with Crippen molar-refractivity contribution in [3.63, 3.8) is 0 Å². The molecule has 0 fully saturated rings. The van der Waals surface area contributed by atoms with E-state index in [1.54, 1.807) is 13.8 Å². The van der Waals surface area contributed by atoms with Crippen LogP contribution in [0.5, 0.6) is 5.75 Å². The molecule has 0 saturated heterocycles. The van der Waals surface area contributed by atoms with Crippen LogP contribution in [0.15, 0.2) is 18.2 Å². The Morgan fingerprint density at radius 3 is 2.42 bits per heavy atom. The van der Waals surface area contributed by atoms with E-state index in [4.69, 9.17) is 4.74 Å². The van der Waals surface area contributed by atoms with E-state index in [-0.39, 0.29) is 18.9 Å². The monoisotopic (exact) mass is 265 g/mol. The summed E-state index contributed by atoms with van der Waals surface area (Å²) in [5.41, 5.74) is 1.25. The first-order chi connectivity index (χ1) is 8.79. The van der Waals surface area contributed by atoms with Crippen molar-refractivity contribution in [3.05, 3.63) is 29.3 Å². The maximum Gasteiger partial charge on any atom is 0.223 e. The number of aliphatic hydroxyl groups is 1. The van der Waals surface area contributed by atoms with Crippen LogP contribution in [-0.4, -0.2) is 29.8 Å². The van der Waals surface area contributed by atoms with Gasteiger partial charge in [0.2, 0.25) is 5.91 Å². The van der Waals surface area contributed by atoms with Gasteiger partial charge in [-0.25, -0.2) is 0 Å². The van der Waals surface area contributed by atoms with Crippen LogP contribution < -0.4 is 10.1 Å². The molecule has 0 radical (unpaired) electrons. The van der Waals surface area contributed by atoms with Crippen LogP contribution in [0, 0.1) is 13.8 Å². The van der Waals surface area contributed by atoms with E-state index in [0.717, 1.165) is 16.9 Å². The Morgan fingerprint density at radius 1 is 1.32 bits per heavy atom. The van der Waals surface area contributed by atoms with Crippen molar-refractivity contribution < 1.29 is 14.6 Å². The first-order valence-corrected chi connectivity index (χ1v) is 6.48. The quantitative estimate of drug-likeness (QED) is 0.826. The third kappa shape index (κ3) is 5.75. The minimum atomic E-state index is -0.886. The lowest BCUT2D eigenvalue weighted by atomic mass is 10.1. The van der Waals surface area contributed by atoms with Crippen molar-refractivity contribution in [3.8, 4) is 5.75 Å². The van der Waals surface area contributed by atoms with Crippen LogP contribution in [0.3, 0.4) is 0 Å². The van der Waals surface area contributed by atoms with Gasteiger partial charge in [0, 0.05) is 6.54 Å². The lowest BCUT2D eigenvalue weighted by Gasteiger charge is -2.17. The Labute approximate surface area is 114 Å². The molecule has 19 heavy (non-hydrogen) atoms. The Morgan fingerprint density at radius 2 is 1.89 bits per heavy atom. The third-order valence-electron chi connectivity index (χ3n) is 2.70. The highest BCUT2D eigenvalue weighted by molar-refractivity contribution is 5.76.